The maximum atomic E-state index is 12.5. The van der Waals surface area contributed by atoms with Crippen LogP contribution in [0.1, 0.15) is 15.9 Å². The van der Waals surface area contributed by atoms with E-state index < -0.39 is 15.9 Å². The Labute approximate surface area is 160 Å². The third kappa shape index (κ3) is 5.14. The highest BCUT2D eigenvalue weighted by molar-refractivity contribution is 7.89. The van der Waals surface area contributed by atoms with Gasteiger partial charge in [-0.05, 0) is 42.4 Å². The van der Waals surface area contributed by atoms with E-state index in [0.29, 0.717) is 11.1 Å². The molecule has 0 aliphatic heterocycles. The molecule has 3 N–H and O–H groups in total. The van der Waals surface area contributed by atoms with Crippen molar-refractivity contribution >= 4 is 39.1 Å². The largest absolute Gasteiger partial charge is 0.306 e. The van der Waals surface area contributed by atoms with Crippen molar-refractivity contribution in [1.29, 1.82) is 5.26 Å². The Morgan fingerprint density at radius 1 is 1.23 bits per heavy atom. The first-order chi connectivity index (χ1) is 12.3. The molecule has 0 fully saturated rings. The van der Waals surface area contributed by atoms with Gasteiger partial charge >= 0.3 is 0 Å². The van der Waals surface area contributed by atoms with Crippen molar-refractivity contribution in [2.24, 2.45) is 0 Å². The summed E-state index contributed by atoms with van der Waals surface area (Å²) in [6.45, 7) is 0. The number of carbonyl (C=O) groups excluding carboxylic acids is 1. The number of amides is 1. The second-order valence-electron chi connectivity index (χ2n) is 5.04. The summed E-state index contributed by atoms with van der Waals surface area (Å²) in [5.41, 5.74) is 3.29. The molecule has 0 aliphatic carbocycles. The number of halogens is 2. The fraction of sp³-hybridized carbons (Fsp3) is 0.133. The van der Waals surface area contributed by atoms with E-state index in [2.05, 4.69) is 15.7 Å². The Bertz CT molecular complexity index is 969. The molecule has 0 radical (unpaired) electrons. The average Bonchev–Trinajstić information content (AvgIpc) is 2.58. The molecule has 136 valence electrons. The average molecular weight is 414 g/mol. The first-order valence-corrected chi connectivity index (χ1v) is 9.48. The molecule has 1 amide bonds. The molecular formula is C15H13Cl2N5O3S. The molecule has 11 heteroatoms. The molecule has 26 heavy (non-hydrogen) atoms. The highest BCUT2D eigenvalue weighted by atomic mass is 35.5. The number of nitrogens with one attached hydrogen (secondary N) is 3. The van der Waals surface area contributed by atoms with E-state index in [1.807, 2.05) is 10.9 Å². The van der Waals surface area contributed by atoms with Crippen LogP contribution in [0.25, 0.3) is 11.1 Å². The number of nitriles is 1. The van der Waals surface area contributed by atoms with Crippen molar-refractivity contribution in [3.8, 4) is 17.2 Å². The van der Waals surface area contributed by atoms with Gasteiger partial charge in [0, 0.05) is 5.56 Å². The smallest absolute Gasteiger partial charge is 0.266 e. The number of pyridine rings is 1. The quantitative estimate of drug-likeness (QED) is 0.488. The van der Waals surface area contributed by atoms with E-state index in [4.69, 9.17) is 28.5 Å². The highest BCUT2D eigenvalue weighted by Crippen LogP contribution is 2.28. The molecular weight excluding hydrogens is 401 g/mol. The maximum absolute atomic E-state index is 12.5. The standard InChI is InChI=1S/C15H13Cl2N5O3S/c1-19-8-26(24,25)22-21-15(23)12-4-9(7-18)2-3-11(12)10-5-13(16)20-14(17)6-10/h2-6,19,22H,8H2,1H3,(H,21,23). The number of sulfonamides is 1. The van der Waals surface area contributed by atoms with Gasteiger partial charge in [0.15, 0.2) is 0 Å². The number of hydrogen-bond donors (Lipinski definition) is 3. The van der Waals surface area contributed by atoms with Gasteiger partial charge in [-0.3, -0.25) is 10.2 Å². The minimum Gasteiger partial charge on any atom is -0.306 e. The second kappa shape index (κ2) is 8.44. The lowest BCUT2D eigenvalue weighted by atomic mass is 9.98. The number of rotatable bonds is 6. The van der Waals surface area contributed by atoms with Crippen molar-refractivity contribution in [1.82, 2.24) is 20.6 Å². The van der Waals surface area contributed by atoms with Gasteiger partial charge in [-0.15, -0.1) is 4.83 Å². The Hall–Kier alpha value is -2.22. The third-order valence-corrected chi connectivity index (χ3v) is 4.59. The normalized spacial score (nSPS) is 11.0. The Morgan fingerprint density at radius 2 is 1.88 bits per heavy atom. The van der Waals surface area contributed by atoms with Crippen molar-refractivity contribution in [2.45, 2.75) is 0 Å². The minimum atomic E-state index is -3.75. The van der Waals surface area contributed by atoms with Crippen molar-refractivity contribution in [3.05, 3.63) is 51.8 Å². The predicted octanol–water partition coefficient (Wildman–Crippen LogP) is 1.67. The number of hydrogen-bond acceptors (Lipinski definition) is 6. The number of nitrogens with zero attached hydrogens (tertiary/aromatic N) is 2. The SMILES string of the molecule is CNCS(=O)(=O)NNC(=O)c1cc(C#N)ccc1-c1cc(Cl)nc(Cl)c1. The fourth-order valence-corrected chi connectivity index (χ4v) is 3.25. The van der Waals surface area contributed by atoms with Gasteiger partial charge in [0.1, 0.15) is 16.2 Å². The van der Waals surface area contributed by atoms with Crippen LogP contribution in [0.2, 0.25) is 10.3 Å². The number of benzene rings is 1. The van der Waals surface area contributed by atoms with Crippen molar-refractivity contribution in [3.63, 3.8) is 0 Å². The molecule has 0 bridgehead atoms. The molecule has 0 atom stereocenters. The summed E-state index contributed by atoms with van der Waals surface area (Å²) in [6, 6.07) is 9.30. The molecule has 0 unspecified atom stereocenters. The van der Waals surface area contributed by atoms with E-state index in [0.717, 1.165) is 0 Å². The number of carbonyl (C=O) groups is 1. The van der Waals surface area contributed by atoms with Crippen LogP contribution in [0, 0.1) is 11.3 Å². The molecule has 1 heterocycles. The summed E-state index contributed by atoms with van der Waals surface area (Å²) in [5, 5.41) is 11.8. The lowest BCUT2D eigenvalue weighted by molar-refractivity contribution is 0.0945. The van der Waals surface area contributed by atoms with E-state index in [1.165, 1.54) is 37.4 Å². The summed E-state index contributed by atoms with van der Waals surface area (Å²) < 4.78 is 23.3. The van der Waals surface area contributed by atoms with E-state index in [1.54, 1.807) is 0 Å². The fourth-order valence-electron chi connectivity index (χ4n) is 2.09. The van der Waals surface area contributed by atoms with Crippen LogP contribution in [-0.2, 0) is 10.0 Å². The first kappa shape index (κ1) is 20.1. The van der Waals surface area contributed by atoms with Crippen molar-refractivity contribution in [2.75, 3.05) is 12.9 Å². The van der Waals surface area contributed by atoms with Crippen LogP contribution in [0.5, 0.6) is 0 Å². The van der Waals surface area contributed by atoms with Crippen LogP contribution in [0.3, 0.4) is 0 Å². The van der Waals surface area contributed by atoms with Crippen LogP contribution < -0.4 is 15.6 Å². The van der Waals surface area contributed by atoms with E-state index >= 15 is 0 Å². The van der Waals surface area contributed by atoms with Gasteiger partial charge in [-0.2, -0.15) is 5.26 Å². The lowest BCUT2D eigenvalue weighted by Gasteiger charge is -2.12. The zero-order valence-corrected chi connectivity index (χ0v) is 15.7. The topological polar surface area (TPSA) is 124 Å². The van der Waals surface area contributed by atoms with E-state index in [-0.39, 0.29) is 27.3 Å². The summed E-state index contributed by atoms with van der Waals surface area (Å²) in [6.07, 6.45) is 0. The Kier molecular flexibility index (Phi) is 6.52. The monoisotopic (exact) mass is 413 g/mol. The van der Waals surface area contributed by atoms with Gasteiger partial charge in [0.05, 0.1) is 11.6 Å². The lowest BCUT2D eigenvalue weighted by Crippen LogP contribution is -2.44. The number of aromatic nitrogens is 1. The first-order valence-electron chi connectivity index (χ1n) is 7.08. The molecule has 0 spiro atoms. The summed E-state index contributed by atoms with van der Waals surface area (Å²) in [4.78, 5) is 18.3. The highest BCUT2D eigenvalue weighted by Gasteiger charge is 2.17. The molecule has 2 rings (SSSR count). The summed E-state index contributed by atoms with van der Waals surface area (Å²) in [5.74, 6) is -1.13. The van der Waals surface area contributed by atoms with Crippen LogP contribution in [0.15, 0.2) is 30.3 Å². The van der Waals surface area contributed by atoms with Crippen molar-refractivity contribution < 1.29 is 13.2 Å². The molecule has 0 aliphatic rings. The van der Waals surface area contributed by atoms with Gasteiger partial charge in [-0.1, -0.05) is 29.3 Å². The zero-order valence-electron chi connectivity index (χ0n) is 13.4. The number of hydrazine groups is 1. The van der Waals surface area contributed by atoms with Gasteiger partial charge < -0.3 is 5.32 Å². The summed E-state index contributed by atoms with van der Waals surface area (Å²) in [7, 11) is -2.30. The van der Waals surface area contributed by atoms with Gasteiger partial charge in [0.25, 0.3) is 5.91 Å². The molecule has 2 aromatic rings. The Morgan fingerprint density at radius 3 is 2.46 bits per heavy atom. The van der Waals surface area contributed by atoms with Crippen LogP contribution in [-0.4, -0.2) is 32.2 Å². The molecule has 8 nitrogen and oxygen atoms in total. The maximum Gasteiger partial charge on any atom is 0.266 e. The molecule has 0 saturated heterocycles. The molecule has 1 aromatic carbocycles. The van der Waals surface area contributed by atoms with Gasteiger partial charge in [-0.25, -0.2) is 13.4 Å². The Balaban J connectivity index is 2.43. The van der Waals surface area contributed by atoms with Crippen LogP contribution in [0.4, 0.5) is 0 Å². The second-order valence-corrected chi connectivity index (χ2v) is 7.54. The minimum absolute atomic E-state index is 0.0644. The molecule has 0 saturated carbocycles. The third-order valence-electron chi connectivity index (χ3n) is 3.12. The predicted molar refractivity (Wildman–Crippen MR) is 97.9 cm³/mol. The molecule has 1 aromatic heterocycles. The zero-order chi connectivity index (χ0) is 19.3. The summed E-state index contributed by atoms with van der Waals surface area (Å²) >= 11 is 11.8. The van der Waals surface area contributed by atoms with E-state index in [9.17, 15) is 13.2 Å². The van der Waals surface area contributed by atoms with Gasteiger partial charge in [0.2, 0.25) is 10.0 Å². The van der Waals surface area contributed by atoms with Crippen LogP contribution >= 0.6 is 23.2 Å².